The number of unbranched alkanes of at least 4 members (excludes halogenated alkanes) is 2. The predicted molar refractivity (Wildman–Crippen MR) is 76.8 cm³/mol. The van der Waals surface area contributed by atoms with E-state index < -0.39 is 11.9 Å². The number of primary amides is 1. The molecule has 0 aromatic carbocycles. The lowest BCUT2D eigenvalue weighted by Gasteiger charge is -2.15. The van der Waals surface area contributed by atoms with Gasteiger partial charge in [-0.2, -0.15) is 0 Å². The predicted octanol–water partition coefficient (Wildman–Crippen LogP) is 0.827. The summed E-state index contributed by atoms with van der Waals surface area (Å²) in [5.41, 5.74) is 13.4. The van der Waals surface area contributed by atoms with Gasteiger partial charge < -0.3 is 16.4 Å². The molecule has 0 radical (unpaired) electrons. The van der Waals surface area contributed by atoms with Crippen molar-refractivity contribution in [2.24, 2.45) is 10.8 Å². The summed E-state index contributed by atoms with van der Waals surface area (Å²) in [6.07, 6.45) is 3.90. The van der Waals surface area contributed by atoms with E-state index in [1.165, 1.54) is 0 Å². The van der Waals surface area contributed by atoms with E-state index in [9.17, 15) is 9.59 Å². The normalized spacial score (nSPS) is 11.4. The van der Waals surface area contributed by atoms with Crippen LogP contribution >= 0.6 is 0 Å². The molecule has 20 heavy (non-hydrogen) atoms. The highest BCUT2D eigenvalue weighted by atomic mass is 16.2. The molecule has 0 aliphatic heterocycles. The number of carbonyl (C=O) groups is 2. The van der Waals surface area contributed by atoms with Gasteiger partial charge in [0.25, 0.3) is 0 Å². The monoisotopic (exact) mass is 284 g/mol. The van der Waals surface area contributed by atoms with Crippen LogP contribution in [0.2, 0.25) is 0 Å². The number of amides is 2. The Kier molecular flexibility index (Phi) is 11.2. The second kappa shape index (κ2) is 12.3. The van der Waals surface area contributed by atoms with Crippen molar-refractivity contribution in [3.05, 3.63) is 10.4 Å². The van der Waals surface area contributed by atoms with E-state index >= 15 is 0 Å². The number of hydrogen-bond acceptors (Lipinski definition) is 4. The average Bonchev–Trinajstić information content (AvgIpc) is 2.41. The number of nitrogens with one attached hydrogen (secondary N) is 2. The van der Waals surface area contributed by atoms with Crippen LogP contribution in [0.3, 0.4) is 0 Å². The molecule has 8 nitrogen and oxygen atoms in total. The lowest BCUT2D eigenvalue weighted by Crippen LogP contribution is -2.44. The fourth-order valence-corrected chi connectivity index (χ4v) is 1.72. The van der Waals surface area contributed by atoms with Crippen LogP contribution in [-0.4, -0.2) is 38.0 Å². The summed E-state index contributed by atoms with van der Waals surface area (Å²) in [5.74, 6) is -0.694. The van der Waals surface area contributed by atoms with Gasteiger partial charge in [0.1, 0.15) is 6.04 Å². The van der Waals surface area contributed by atoms with Crippen LogP contribution in [0.4, 0.5) is 0 Å². The molecule has 8 heteroatoms. The molecule has 0 saturated carbocycles. The van der Waals surface area contributed by atoms with E-state index in [4.69, 9.17) is 11.3 Å². The lowest BCUT2D eigenvalue weighted by molar-refractivity contribution is -0.127. The summed E-state index contributed by atoms with van der Waals surface area (Å²) in [5, 5.41) is 9.05. The van der Waals surface area contributed by atoms with Gasteiger partial charge >= 0.3 is 0 Å². The summed E-state index contributed by atoms with van der Waals surface area (Å²) in [6.45, 7) is 1.26. The lowest BCUT2D eigenvalue weighted by atomic mass is 10.1. The Hall–Kier alpha value is -1.79. The molecule has 0 bridgehead atoms. The average molecular weight is 284 g/mol. The van der Waals surface area contributed by atoms with Crippen molar-refractivity contribution >= 4 is 11.8 Å². The first-order valence-electron chi connectivity index (χ1n) is 6.86. The molecule has 0 saturated heterocycles. The zero-order valence-electron chi connectivity index (χ0n) is 12.0. The quantitative estimate of drug-likeness (QED) is 0.212. The number of azide groups is 1. The molecule has 1 atom stereocenters. The number of nitrogens with two attached hydrogens (primary N) is 1. The summed E-state index contributed by atoms with van der Waals surface area (Å²) < 4.78 is 0. The van der Waals surface area contributed by atoms with Crippen LogP contribution in [0.5, 0.6) is 0 Å². The van der Waals surface area contributed by atoms with Crippen LogP contribution in [0, 0.1) is 0 Å². The largest absolute Gasteiger partial charge is 0.368 e. The third kappa shape index (κ3) is 10.2. The van der Waals surface area contributed by atoms with Gasteiger partial charge in [-0.25, -0.2) is 0 Å². The summed E-state index contributed by atoms with van der Waals surface area (Å²) in [7, 11) is 1.86. The molecule has 114 valence electrons. The Morgan fingerprint density at radius 1 is 1.30 bits per heavy atom. The van der Waals surface area contributed by atoms with Crippen molar-refractivity contribution in [1.82, 2.24) is 10.6 Å². The van der Waals surface area contributed by atoms with Crippen molar-refractivity contribution in [3.63, 3.8) is 0 Å². The van der Waals surface area contributed by atoms with Crippen LogP contribution in [0.25, 0.3) is 10.4 Å². The fraction of sp³-hybridized carbons (Fsp3) is 0.833. The first-order valence-corrected chi connectivity index (χ1v) is 6.86. The van der Waals surface area contributed by atoms with Crippen LogP contribution in [-0.2, 0) is 9.59 Å². The van der Waals surface area contributed by atoms with Gasteiger partial charge in [-0.1, -0.05) is 5.11 Å². The maximum Gasteiger partial charge on any atom is 0.239 e. The first-order chi connectivity index (χ1) is 9.61. The highest BCUT2D eigenvalue weighted by molar-refractivity contribution is 5.86. The minimum Gasteiger partial charge on any atom is -0.368 e. The highest BCUT2D eigenvalue weighted by Crippen LogP contribution is 2.02. The van der Waals surface area contributed by atoms with Crippen molar-refractivity contribution in [3.8, 4) is 0 Å². The second-order valence-electron chi connectivity index (χ2n) is 4.53. The smallest absolute Gasteiger partial charge is 0.239 e. The molecule has 0 aromatic rings. The van der Waals surface area contributed by atoms with Crippen molar-refractivity contribution in [2.45, 2.75) is 44.6 Å². The molecule has 0 aromatic heterocycles. The molecular weight excluding hydrogens is 260 g/mol. The van der Waals surface area contributed by atoms with Crippen LogP contribution in [0.15, 0.2) is 5.11 Å². The van der Waals surface area contributed by atoms with Gasteiger partial charge in [0, 0.05) is 17.9 Å². The fourth-order valence-electron chi connectivity index (χ4n) is 1.72. The van der Waals surface area contributed by atoms with Gasteiger partial charge in [0.15, 0.2) is 0 Å². The molecular formula is C12H24N6O2. The summed E-state index contributed by atoms with van der Waals surface area (Å²) in [6, 6.07) is -0.600. The minimum atomic E-state index is -0.600. The Morgan fingerprint density at radius 2 is 2.05 bits per heavy atom. The van der Waals surface area contributed by atoms with E-state index in [1.807, 2.05) is 7.05 Å². The van der Waals surface area contributed by atoms with Gasteiger partial charge in [-0.3, -0.25) is 9.59 Å². The maximum atomic E-state index is 11.6. The Balaban J connectivity index is 3.89. The van der Waals surface area contributed by atoms with Crippen molar-refractivity contribution in [2.75, 3.05) is 20.1 Å². The van der Waals surface area contributed by atoms with Gasteiger partial charge in [-0.05, 0) is 51.2 Å². The van der Waals surface area contributed by atoms with Crippen molar-refractivity contribution in [1.29, 1.82) is 0 Å². The van der Waals surface area contributed by atoms with E-state index in [0.717, 1.165) is 19.4 Å². The molecule has 0 spiro atoms. The van der Waals surface area contributed by atoms with Crippen molar-refractivity contribution < 1.29 is 9.59 Å². The Morgan fingerprint density at radius 3 is 2.65 bits per heavy atom. The van der Waals surface area contributed by atoms with Crippen LogP contribution in [0.1, 0.15) is 38.5 Å². The molecule has 2 amide bonds. The minimum absolute atomic E-state index is 0.191. The third-order valence-corrected chi connectivity index (χ3v) is 2.82. The molecule has 0 rings (SSSR count). The zero-order chi connectivity index (χ0) is 15.2. The molecule has 0 heterocycles. The standard InChI is InChI=1S/C12H24N6O2/c1-15-8-4-2-6-10(12(13)20)17-11(19)7-3-5-9-16-18-14/h10,15H,2-9H2,1H3,(H2,13,20)(H,17,19)/t10-/m0/s1. The number of hydrogen-bond donors (Lipinski definition) is 3. The maximum absolute atomic E-state index is 11.6. The number of carbonyl (C=O) groups excluding carboxylic acids is 2. The number of rotatable bonds is 12. The van der Waals surface area contributed by atoms with Gasteiger partial charge in [-0.15, -0.1) is 0 Å². The Labute approximate surface area is 119 Å². The van der Waals surface area contributed by atoms with E-state index in [-0.39, 0.29) is 5.91 Å². The third-order valence-electron chi connectivity index (χ3n) is 2.82. The summed E-state index contributed by atoms with van der Waals surface area (Å²) >= 11 is 0. The van der Waals surface area contributed by atoms with E-state index in [1.54, 1.807) is 0 Å². The second-order valence-corrected chi connectivity index (χ2v) is 4.53. The molecule has 0 fully saturated rings. The topological polar surface area (TPSA) is 133 Å². The number of nitrogens with zero attached hydrogens (tertiary/aromatic N) is 3. The van der Waals surface area contributed by atoms with Crippen LogP contribution < -0.4 is 16.4 Å². The van der Waals surface area contributed by atoms with E-state index in [0.29, 0.717) is 32.2 Å². The summed E-state index contributed by atoms with van der Waals surface area (Å²) in [4.78, 5) is 25.5. The Bertz CT molecular complexity index is 341. The SMILES string of the molecule is CNCCCC[C@H](NC(=O)CCCCN=[N+]=[N-])C(N)=O. The van der Waals surface area contributed by atoms with E-state index in [2.05, 4.69) is 20.7 Å². The van der Waals surface area contributed by atoms with Gasteiger partial charge in [0.05, 0.1) is 0 Å². The molecule has 0 aliphatic carbocycles. The zero-order valence-corrected chi connectivity index (χ0v) is 12.0. The highest BCUT2D eigenvalue weighted by Gasteiger charge is 2.16. The van der Waals surface area contributed by atoms with Gasteiger partial charge in [0.2, 0.25) is 11.8 Å². The molecule has 4 N–H and O–H groups in total. The molecule has 0 aliphatic rings. The molecule has 0 unspecified atom stereocenters. The first kappa shape index (κ1) is 18.2.